The quantitative estimate of drug-likeness (QED) is 0.221. The van der Waals surface area contributed by atoms with E-state index in [0.29, 0.717) is 44.9 Å². The first kappa shape index (κ1) is 24.7. The van der Waals surface area contributed by atoms with Gasteiger partial charge < -0.3 is 20.5 Å². The summed E-state index contributed by atoms with van der Waals surface area (Å²) in [6, 6.07) is 20.2. The Morgan fingerprint density at radius 3 is 2.69 bits per heavy atom. The summed E-state index contributed by atoms with van der Waals surface area (Å²) in [5.74, 6) is 0.366. The van der Waals surface area contributed by atoms with Crippen molar-refractivity contribution in [1.29, 1.82) is 0 Å². The Labute approximate surface area is 226 Å². The summed E-state index contributed by atoms with van der Waals surface area (Å²) in [6.45, 7) is -2.28. The predicted octanol–water partition coefficient (Wildman–Crippen LogP) is 6.71. The summed E-state index contributed by atoms with van der Waals surface area (Å²) in [5.41, 5.74) is 4.83. The molecule has 3 N–H and O–H groups in total. The zero-order chi connectivity index (χ0) is 26.9. The summed E-state index contributed by atoms with van der Waals surface area (Å²) in [5, 5.41) is 10.1. The van der Waals surface area contributed by atoms with Gasteiger partial charge in [0.15, 0.2) is 0 Å². The Kier molecular flexibility index (Phi) is 6.49. The van der Waals surface area contributed by atoms with E-state index in [2.05, 4.69) is 20.7 Å². The number of aromatic nitrogens is 3. The van der Waals surface area contributed by atoms with Gasteiger partial charge in [-0.2, -0.15) is 13.9 Å². The highest BCUT2D eigenvalue weighted by Gasteiger charge is 2.25. The second kappa shape index (κ2) is 10.3. The molecule has 1 aliphatic heterocycles. The number of amides is 3. The topological polar surface area (TPSA) is 95.1 Å². The normalized spacial score (nSPS) is 13.1. The van der Waals surface area contributed by atoms with Crippen LogP contribution in [0, 0.1) is 0 Å². The van der Waals surface area contributed by atoms with Crippen LogP contribution in [-0.2, 0) is 11.3 Å². The number of alkyl halides is 2. The van der Waals surface area contributed by atoms with Crippen LogP contribution in [0.5, 0.6) is 0 Å². The monoisotopic (exact) mass is 544 g/mol. The van der Waals surface area contributed by atoms with Crippen molar-refractivity contribution in [2.75, 3.05) is 21.3 Å². The molecule has 0 spiro atoms. The summed E-state index contributed by atoms with van der Waals surface area (Å²) in [7, 11) is 0. The highest BCUT2D eigenvalue weighted by Crippen LogP contribution is 2.38. The van der Waals surface area contributed by atoms with Crippen molar-refractivity contribution in [2.24, 2.45) is 0 Å². The van der Waals surface area contributed by atoms with E-state index in [1.165, 1.54) is 24.2 Å². The van der Waals surface area contributed by atoms with Gasteiger partial charge in [0.2, 0.25) is 5.91 Å². The van der Waals surface area contributed by atoms with Crippen molar-refractivity contribution < 1.29 is 18.4 Å². The lowest BCUT2D eigenvalue weighted by atomic mass is 10.1. The number of anilines is 3. The molecule has 0 bridgehead atoms. The molecule has 0 fully saturated rings. The third-order valence-electron chi connectivity index (χ3n) is 6.41. The number of hydrogen-bond acceptors (Lipinski definition) is 4. The fourth-order valence-electron chi connectivity index (χ4n) is 4.50. The predicted molar refractivity (Wildman–Crippen MR) is 148 cm³/mol. The fourth-order valence-corrected chi connectivity index (χ4v) is 5.42. The number of nitrogens with one attached hydrogen (secondary N) is 3. The minimum atomic E-state index is -2.72. The van der Waals surface area contributed by atoms with E-state index in [9.17, 15) is 18.4 Å². The lowest BCUT2D eigenvalue weighted by Gasteiger charge is -2.29. The van der Waals surface area contributed by atoms with Gasteiger partial charge in [0.1, 0.15) is 0 Å². The minimum absolute atomic E-state index is 0.00615. The van der Waals surface area contributed by atoms with Crippen LogP contribution >= 0.6 is 11.8 Å². The van der Waals surface area contributed by atoms with Crippen molar-refractivity contribution in [3.05, 3.63) is 90.9 Å². The Balaban J connectivity index is 1.21. The zero-order valence-electron chi connectivity index (χ0n) is 20.4. The van der Waals surface area contributed by atoms with Gasteiger partial charge in [0, 0.05) is 39.4 Å². The molecule has 0 saturated heterocycles. The van der Waals surface area contributed by atoms with Crippen molar-refractivity contribution in [2.45, 2.75) is 18.0 Å². The molecule has 3 aromatic carbocycles. The molecule has 8 nitrogen and oxygen atoms in total. The summed E-state index contributed by atoms with van der Waals surface area (Å²) >= 11 is 1.48. The molecule has 3 heterocycles. The third-order valence-corrected chi connectivity index (χ3v) is 7.46. The van der Waals surface area contributed by atoms with E-state index in [-0.39, 0.29) is 5.91 Å². The summed E-state index contributed by atoms with van der Waals surface area (Å²) in [4.78, 5) is 31.5. The summed E-state index contributed by atoms with van der Waals surface area (Å²) < 4.78 is 26.5. The number of H-pyrrole nitrogens is 1. The zero-order valence-corrected chi connectivity index (χ0v) is 21.2. The minimum Gasteiger partial charge on any atom is -0.359 e. The molecule has 0 radical (unpaired) electrons. The van der Waals surface area contributed by atoms with Crippen LogP contribution in [0.2, 0.25) is 0 Å². The van der Waals surface area contributed by atoms with E-state index in [4.69, 9.17) is 0 Å². The Bertz CT molecular complexity index is 1680. The number of nitrogens with zero attached hydrogens (tertiary/aromatic N) is 3. The smallest absolute Gasteiger partial charge is 0.333 e. The molecule has 0 atom stereocenters. The maximum absolute atomic E-state index is 12.9. The number of urea groups is 1. The van der Waals surface area contributed by atoms with Crippen molar-refractivity contribution in [3.63, 3.8) is 0 Å². The van der Waals surface area contributed by atoms with Crippen LogP contribution in [0.3, 0.4) is 0 Å². The van der Waals surface area contributed by atoms with Crippen molar-refractivity contribution in [3.8, 4) is 11.1 Å². The van der Waals surface area contributed by atoms with E-state index >= 15 is 0 Å². The van der Waals surface area contributed by atoms with Gasteiger partial charge in [-0.05, 0) is 41.5 Å². The van der Waals surface area contributed by atoms with Crippen LogP contribution < -0.4 is 15.5 Å². The molecule has 2 aromatic heterocycles. The molecule has 196 valence electrons. The summed E-state index contributed by atoms with van der Waals surface area (Å²) in [6.07, 6.45) is 4.32. The van der Waals surface area contributed by atoms with E-state index in [1.807, 2.05) is 42.5 Å². The largest absolute Gasteiger partial charge is 0.359 e. The molecule has 3 amide bonds. The molecule has 1 aliphatic rings. The number of aromatic amines is 1. The van der Waals surface area contributed by atoms with Crippen LogP contribution in [0.15, 0.2) is 90.2 Å². The van der Waals surface area contributed by atoms with Gasteiger partial charge >= 0.3 is 12.6 Å². The second-order valence-corrected chi connectivity index (χ2v) is 9.98. The Morgan fingerprint density at radius 2 is 1.90 bits per heavy atom. The van der Waals surface area contributed by atoms with Gasteiger partial charge in [-0.15, -0.1) is 11.8 Å². The molecular formula is C28H22F2N6O2S. The molecule has 11 heteroatoms. The Morgan fingerprint density at radius 1 is 1.05 bits per heavy atom. The molecular weight excluding hydrogens is 522 g/mol. The highest BCUT2D eigenvalue weighted by molar-refractivity contribution is 8.00. The first-order valence-corrected chi connectivity index (χ1v) is 13.1. The lowest BCUT2D eigenvalue weighted by molar-refractivity contribution is -0.116. The molecule has 5 aromatic rings. The molecule has 6 rings (SSSR count). The van der Waals surface area contributed by atoms with Crippen molar-refractivity contribution >= 4 is 51.7 Å². The Hall–Kier alpha value is -4.64. The average Bonchev–Trinajstić information content (AvgIpc) is 3.59. The number of halogens is 2. The van der Waals surface area contributed by atoms with Crippen LogP contribution in [0.25, 0.3) is 22.0 Å². The number of rotatable bonds is 6. The molecule has 0 unspecified atom stereocenters. The number of hydrogen-bond donors (Lipinski definition) is 3. The molecule has 0 aliphatic carbocycles. The van der Waals surface area contributed by atoms with E-state index in [0.717, 1.165) is 21.7 Å². The standard InChI is InChI=1S/C28H22F2N6O2S/c29-27(30)36-15-19(12-32-36)18-6-8-22-21(10-18)23(13-31-22)34-28(38)33-20-7-9-25-24(11-20)35(26(37)16-39-25)14-17-4-2-1-3-5-17/h1-13,15,27,31H,14,16H2,(H2,33,34,38). The third kappa shape index (κ3) is 5.08. The molecule has 39 heavy (non-hydrogen) atoms. The second-order valence-electron chi connectivity index (χ2n) is 8.97. The highest BCUT2D eigenvalue weighted by atomic mass is 32.2. The van der Waals surface area contributed by atoms with Crippen molar-refractivity contribution in [1.82, 2.24) is 14.8 Å². The molecule has 0 saturated carbocycles. The van der Waals surface area contributed by atoms with Crippen LogP contribution in [0.1, 0.15) is 12.1 Å². The SMILES string of the molecule is O=C(Nc1ccc2c(c1)N(Cc1ccccc1)C(=O)CS2)Nc1c[nH]c2ccc(-c3cnn(C(F)F)c3)cc12. The van der Waals surface area contributed by atoms with Gasteiger partial charge in [-0.3, -0.25) is 4.79 Å². The fraction of sp³-hybridized carbons (Fsp3) is 0.107. The van der Waals surface area contributed by atoms with Gasteiger partial charge in [0.05, 0.1) is 29.9 Å². The maximum atomic E-state index is 12.9. The lowest BCUT2D eigenvalue weighted by Crippen LogP contribution is -2.34. The number of benzene rings is 3. The maximum Gasteiger partial charge on any atom is 0.333 e. The van der Waals surface area contributed by atoms with E-state index in [1.54, 1.807) is 35.4 Å². The van der Waals surface area contributed by atoms with Gasteiger partial charge in [-0.1, -0.05) is 36.4 Å². The van der Waals surface area contributed by atoms with Crippen LogP contribution in [-0.4, -0.2) is 32.5 Å². The number of carbonyl (C=O) groups excluding carboxylic acids is 2. The number of fused-ring (bicyclic) bond motifs is 2. The first-order chi connectivity index (χ1) is 18.9. The van der Waals surface area contributed by atoms with Crippen LogP contribution in [0.4, 0.5) is 30.6 Å². The van der Waals surface area contributed by atoms with Gasteiger partial charge in [-0.25, -0.2) is 9.48 Å². The average molecular weight is 545 g/mol. The number of thioether (sulfide) groups is 1. The van der Waals surface area contributed by atoms with E-state index < -0.39 is 12.6 Å². The number of carbonyl (C=O) groups is 2. The van der Waals surface area contributed by atoms with Gasteiger partial charge in [0.25, 0.3) is 0 Å². The first-order valence-electron chi connectivity index (χ1n) is 12.1.